The second-order valence-electron chi connectivity index (χ2n) is 5.14. The lowest BCUT2D eigenvalue weighted by molar-refractivity contribution is -0.0812. The molecule has 1 fully saturated rings. The predicted molar refractivity (Wildman–Crippen MR) is 77.6 cm³/mol. The number of anilines is 1. The van der Waals surface area contributed by atoms with Crippen molar-refractivity contribution in [3.8, 4) is 12.3 Å². The van der Waals surface area contributed by atoms with E-state index in [0.29, 0.717) is 23.8 Å². The molecule has 2 N–H and O–H groups in total. The van der Waals surface area contributed by atoms with E-state index in [0.717, 1.165) is 17.7 Å². The van der Waals surface area contributed by atoms with Gasteiger partial charge in [0.2, 0.25) is 0 Å². The van der Waals surface area contributed by atoms with Crippen LogP contribution in [-0.2, 0) is 4.74 Å². The minimum atomic E-state index is -0.887. The first-order valence-electron chi connectivity index (χ1n) is 6.28. The minimum Gasteiger partial charge on any atom is -0.386 e. The fourth-order valence-electron chi connectivity index (χ4n) is 2.26. The third-order valence-electron chi connectivity index (χ3n) is 3.57. The van der Waals surface area contributed by atoms with Gasteiger partial charge in [-0.1, -0.05) is 17.5 Å². The van der Waals surface area contributed by atoms with Crippen molar-refractivity contribution in [1.82, 2.24) is 0 Å². The SMILES string of the molecule is C#Cc1ccc(NC2CCOCC2(C)O)c(C)c1Cl. The molecule has 4 heteroatoms. The molecule has 1 saturated heterocycles. The summed E-state index contributed by atoms with van der Waals surface area (Å²) in [6.45, 7) is 4.67. The molecule has 1 aromatic rings. The number of terminal acetylenes is 1. The lowest BCUT2D eigenvalue weighted by atomic mass is 9.92. The van der Waals surface area contributed by atoms with Crippen LogP contribution in [0.1, 0.15) is 24.5 Å². The molecule has 2 atom stereocenters. The van der Waals surface area contributed by atoms with Gasteiger partial charge in [-0.25, -0.2) is 0 Å². The Morgan fingerprint density at radius 2 is 2.32 bits per heavy atom. The average molecular weight is 280 g/mol. The van der Waals surface area contributed by atoms with Crippen LogP contribution in [0.4, 0.5) is 5.69 Å². The average Bonchev–Trinajstić information content (AvgIpc) is 2.37. The maximum Gasteiger partial charge on any atom is 0.105 e. The highest BCUT2D eigenvalue weighted by molar-refractivity contribution is 6.32. The number of rotatable bonds is 2. The normalized spacial score (nSPS) is 26.8. The first-order valence-corrected chi connectivity index (χ1v) is 6.66. The maximum atomic E-state index is 10.3. The van der Waals surface area contributed by atoms with Gasteiger partial charge in [0.25, 0.3) is 0 Å². The summed E-state index contributed by atoms with van der Waals surface area (Å²) < 4.78 is 5.30. The van der Waals surface area contributed by atoms with Crippen molar-refractivity contribution >= 4 is 17.3 Å². The van der Waals surface area contributed by atoms with Gasteiger partial charge in [0.15, 0.2) is 0 Å². The first-order chi connectivity index (χ1) is 8.95. The van der Waals surface area contributed by atoms with Crippen LogP contribution in [0, 0.1) is 19.3 Å². The molecule has 3 nitrogen and oxygen atoms in total. The molecule has 1 aliphatic rings. The summed E-state index contributed by atoms with van der Waals surface area (Å²) >= 11 is 6.22. The Kier molecular flexibility index (Phi) is 4.05. The fraction of sp³-hybridized carbons (Fsp3) is 0.467. The zero-order chi connectivity index (χ0) is 14.0. The van der Waals surface area contributed by atoms with Gasteiger partial charge in [0.05, 0.1) is 17.7 Å². The highest BCUT2D eigenvalue weighted by Crippen LogP contribution is 2.30. The van der Waals surface area contributed by atoms with E-state index in [-0.39, 0.29) is 6.04 Å². The Labute approximate surface area is 118 Å². The van der Waals surface area contributed by atoms with Gasteiger partial charge in [-0.2, -0.15) is 0 Å². The van der Waals surface area contributed by atoms with Crippen LogP contribution in [0.3, 0.4) is 0 Å². The summed E-state index contributed by atoms with van der Waals surface area (Å²) in [6.07, 6.45) is 6.14. The smallest absolute Gasteiger partial charge is 0.105 e. The topological polar surface area (TPSA) is 41.5 Å². The van der Waals surface area contributed by atoms with Gasteiger partial charge in [-0.15, -0.1) is 6.42 Å². The van der Waals surface area contributed by atoms with Gasteiger partial charge < -0.3 is 15.2 Å². The third-order valence-corrected chi connectivity index (χ3v) is 4.05. The van der Waals surface area contributed by atoms with E-state index in [1.54, 1.807) is 6.92 Å². The Morgan fingerprint density at radius 3 is 2.95 bits per heavy atom. The van der Waals surface area contributed by atoms with Gasteiger partial charge in [0, 0.05) is 17.9 Å². The van der Waals surface area contributed by atoms with E-state index in [1.807, 2.05) is 19.1 Å². The molecule has 0 radical (unpaired) electrons. The van der Waals surface area contributed by atoms with E-state index >= 15 is 0 Å². The molecule has 2 unspecified atom stereocenters. The van der Waals surface area contributed by atoms with Crippen LogP contribution in [-0.4, -0.2) is 30.0 Å². The zero-order valence-electron chi connectivity index (χ0n) is 11.2. The third kappa shape index (κ3) is 2.87. The Hall–Kier alpha value is -1.21. The second kappa shape index (κ2) is 5.42. The van der Waals surface area contributed by atoms with Crippen LogP contribution in [0.2, 0.25) is 5.02 Å². The van der Waals surface area contributed by atoms with Gasteiger partial charge in [-0.05, 0) is 38.0 Å². The van der Waals surface area contributed by atoms with Crippen LogP contribution >= 0.6 is 11.6 Å². The zero-order valence-corrected chi connectivity index (χ0v) is 11.9. The van der Waals surface area contributed by atoms with Crippen LogP contribution in [0.25, 0.3) is 0 Å². The number of hydrogen-bond acceptors (Lipinski definition) is 3. The van der Waals surface area contributed by atoms with E-state index < -0.39 is 5.60 Å². The van der Waals surface area contributed by atoms with Crippen molar-refractivity contribution in [3.63, 3.8) is 0 Å². The number of nitrogens with one attached hydrogen (secondary N) is 1. The highest BCUT2D eigenvalue weighted by atomic mass is 35.5. The van der Waals surface area contributed by atoms with Crippen LogP contribution in [0.15, 0.2) is 12.1 Å². The fourth-order valence-corrected chi connectivity index (χ4v) is 2.48. The molecule has 2 rings (SSSR count). The number of hydrogen-bond donors (Lipinski definition) is 2. The summed E-state index contributed by atoms with van der Waals surface area (Å²) in [6, 6.07) is 3.65. The van der Waals surface area contributed by atoms with Crippen LogP contribution in [0.5, 0.6) is 0 Å². The molecular formula is C15H18ClNO2. The van der Waals surface area contributed by atoms with Crippen molar-refractivity contribution in [1.29, 1.82) is 0 Å². The second-order valence-corrected chi connectivity index (χ2v) is 5.52. The molecule has 0 spiro atoms. The van der Waals surface area contributed by atoms with Gasteiger partial charge >= 0.3 is 0 Å². The van der Waals surface area contributed by atoms with Crippen molar-refractivity contribution in [3.05, 3.63) is 28.3 Å². The standard InChI is InChI=1S/C15H18ClNO2/c1-4-11-5-6-12(10(2)14(11)16)17-13-7-8-19-9-15(13,3)18/h1,5-6,13,17-18H,7-9H2,2-3H3. The molecule has 1 aromatic carbocycles. The van der Waals surface area contributed by atoms with Gasteiger partial charge in [-0.3, -0.25) is 0 Å². The molecular weight excluding hydrogens is 262 g/mol. The minimum absolute atomic E-state index is 0.0623. The number of ether oxygens (including phenoxy) is 1. The Morgan fingerprint density at radius 1 is 1.58 bits per heavy atom. The quantitative estimate of drug-likeness (QED) is 0.818. The Bertz CT molecular complexity index is 520. The summed E-state index contributed by atoms with van der Waals surface area (Å²) in [7, 11) is 0. The summed E-state index contributed by atoms with van der Waals surface area (Å²) in [5.74, 6) is 2.55. The van der Waals surface area contributed by atoms with E-state index in [9.17, 15) is 5.11 Å². The molecule has 0 saturated carbocycles. The molecule has 19 heavy (non-hydrogen) atoms. The molecule has 0 bridgehead atoms. The number of aliphatic hydroxyl groups is 1. The summed E-state index contributed by atoms with van der Waals surface area (Å²) in [5.41, 5.74) is 1.60. The summed E-state index contributed by atoms with van der Waals surface area (Å²) in [5, 5.41) is 14.2. The van der Waals surface area contributed by atoms with Gasteiger partial charge in [0.1, 0.15) is 5.60 Å². The largest absolute Gasteiger partial charge is 0.386 e. The predicted octanol–water partition coefficient (Wildman–Crippen LogP) is 2.58. The van der Waals surface area contributed by atoms with E-state index in [1.165, 1.54) is 0 Å². The molecule has 0 aliphatic carbocycles. The molecule has 102 valence electrons. The van der Waals surface area contributed by atoms with Crippen molar-refractivity contribution in [2.75, 3.05) is 18.5 Å². The maximum absolute atomic E-state index is 10.3. The number of halogens is 1. The van der Waals surface area contributed by atoms with Crippen molar-refractivity contribution in [2.24, 2.45) is 0 Å². The van der Waals surface area contributed by atoms with E-state index in [4.69, 9.17) is 22.8 Å². The summed E-state index contributed by atoms with van der Waals surface area (Å²) in [4.78, 5) is 0. The van der Waals surface area contributed by atoms with Crippen LogP contribution < -0.4 is 5.32 Å². The Balaban J connectivity index is 2.24. The number of benzene rings is 1. The van der Waals surface area contributed by atoms with Crippen molar-refractivity contribution in [2.45, 2.75) is 31.9 Å². The van der Waals surface area contributed by atoms with Crippen molar-refractivity contribution < 1.29 is 9.84 Å². The highest BCUT2D eigenvalue weighted by Gasteiger charge is 2.35. The molecule has 0 aromatic heterocycles. The monoisotopic (exact) mass is 279 g/mol. The van der Waals surface area contributed by atoms with E-state index in [2.05, 4.69) is 11.2 Å². The lowest BCUT2D eigenvalue weighted by Gasteiger charge is -2.38. The molecule has 0 amide bonds. The lowest BCUT2D eigenvalue weighted by Crippen LogP contribution is -2.51. The molecule has 1 heterocycles. The first kappa shape index (κ1) is 14.2. The molecule has 1 aliphatic heterocycles.